The Morgan fingerprint density at radius 3 is 2.29 bits per heavy atom. The maximum absolute atomic E-state index is 5.08. The van der Waals surface area contributed by atoms with E-state index in [4.69, 9.17) is 10.1 Å². The van der Waals surface area contributed by atoms with Gasteiger partial charge in [0.05, 0.1) is 23.1 Å². The number of nitrogens with zero attached hydrogens (tertiary/aromatic N) is 3. The van der Waals surface area contributed by atoms with Crippen LogP contribution >= 0.6 is 0 Å². The van der Waals surface area contributed by atoms with Crippen LogP contribution in [0.1, 0.15) is 29.2 Å². The van der Waals surface area contributed by atoms with Crippen LogP contribution in [0.4, 0.5) is 11.4 Å². The van der Waals surface area contributed by atoms with Gasteiger partial charge in [0.25, 0.3) is 0 Å². The number of hydrogen-bond acceptors (Lipinski definition) is 3. The predicted octanol–water partition coefficient (Wildman–Crippen LogP) is 7.95. The Kier molecular flexibility index (Phi) is 5.65. The Labute approximate surface area is 205 Å². The Morgan fingerprint density at radius 1 is 0.714 bits per heavy atom. The number of hydrogen-bond donors (Lipinski definition) is 0. The quantitative estimate of drug-likeness (QED) is 0.249. The lowest BCUT2D eigenvalue weighted by Crippen LogP contribution is -2.18. The molecular formula is C32H25N3. The monoisotopic (exact) mass is 451 g/mol. The minimum absolute atomic E-state index is 0.163. The SMILES string of the molecule is C(=Nc1cccc(C2=NN(c3ccccc3)C(c3ccccc3)C2)c1)c1cccc2ccccc12. The average Bonchev–Trinajstić information content (AvgIpc) is 3.39. The van der Waals surface area contributed by atoms with Crippen LogP contribution in [0.5, 0.6) is 0 Å². The Hall–Kier alpha value is -4.50. The summed E-state index contributed by atoms with van der Waals surface area (Å²) >= 11 is 0. The van der Waals surface area contributed by atoms with E-state index in [0.717, 1.165) is 34.6 Å². The first-order chi connectivity index (χ1) is 17.3. The summed E-state index contributed by atoms with van der Waals surface area (Å²) < 4.78 is 0. The average molecular weight is 452 g/mol. The van der Waals surface area contributed by atoms with Gasteiger partial charge in [0.1, 0.15) is 0 Å². The molecular weight excluding hydrogens is 426 g/mol. The van der Waals surface area contributed by atoms with Crippen LogP contribution in [0.2, 0.25) is 0 Å². The summed E-state index contributed by atoms with van der Waals surface area (Å²) in [5.74, 6) is 0. The highest BCUT2D eigenvalue weighted by Crippen LogP contribution is 2.36. The Balaban J connectivity index is 1.32. The number of hydrazone groups is 1. The second-order valence-electron chi connectivity index (χ2n) is 8.73. The number of rotatable bonds is 5. The molecule has 5 aromatic rings. The fourth-order valence-electron chi connectivity index (χ4n) is 4.71. The van der Waals surface area contributed by atoms with E-state index in [-0.39, 0.29) is 6.04 Å². The van der Waals surface area contributed by atoms with Crippen molar-refractivity contribution in [3.63, 3.8) is 0 Å². The Bertz CT molecular complexity index is 1520. The highest BCUT2D eigenvalue weighted by molar-refractivity contribution is 6.04. The zero-order valence-corrected chi connectivity index (χ0v) is 19.3. The summed E-state index contributed by atoms with van der Waals surface area (Å²) in [5.41, 5.74) is 6.59. The van der Waals surface area contributed by atoms with Crippen LogP contribution in [0.15, 0.2) is 137 Å². The van der Waals surface area contributed by atoms with Crippen LogP contribution in [-0.2, 0) is 0 Å². The molecule has 35 heavy (non-hydrogen) atoms. The summed E-state index contributed by atoms with van der Waals surface area (Å²) in [7, 11) is 0. The molecule has 0 aromatic heterocycles. The zero-order chi connectivity index (χ0) is 23.5. The van der Waals surface area contributed by atoms with Crippen molar-refractivity contribution in [3.8, 4) is 0 Å². The van der Waals surface area contributed by atoms with Crippen molar-refractivity contribution >= 4 is 34.1 Å². The highest BCUT2D eigenvalue weighted by Gasteiger charge is 2.29. The summed E-state index contributed by atoms with van der Waals surface area (Å²) in [6.45, 7) is 0. The summed E-state index contributed by atoms with van der Waals surface area (Å²) in [4.78, 5) is 4.82. The fourth-order valence-corrected chi connectivity index (χ4v) is 4.71. The molecule has 0 N–H and O–H groups in total. The molecule has 0 fully saturated rings. The van der Waals surface area contributed by atoms with Crippen molar-refractivity contribution in [1.29, 1.82) is 0 Å². The van der Waals surface area contributed by atoms with Crippen LogP contribution in [-0.4, -0.2) is 11.9 Å². The molecule has 3 nitrogen and oxygen atoms in total. The molecule has 0 bridgehead atoms. The lowest BCUT2D eigenvalue weighted by atomic mass is 9.98. The van der Waals surface area contributed by atoms with E-state index in [1.807, 2.05) is 18.3 Å². The van der Waals surface area contributed by atoms with E-state index in [9.17, 15) is 0 Å². The molecule has 5 aromatic carbocycles. The molecule has 0 aliphatic carbocycles. The molecule has 3 heteroatoms. The van der Waals surface area contributed by atoms with Gasteiger partial charge in [0, 0.05) is 18.2 Å². The summed E-state index contributed by atoms with van der Waals surface area (Å²) in [5, 5.41) is 9.66. The Morgan fingerprint density at radius 2 is 1.43 bits per heavy atom. The van der Waals surface area contributed by atoms with Gasteiger partial charge in [0.15, 0.2) is 0 Å². The second-order valence-corrected chi connectivity index (χ2v) is 8.73. The van der Waals surface area contributed by atoms with Crippen LogP contribution < -0.4 is 5.01 Å². The molecule has 1 unspecified atom stereocenters. The predicted molar refractivity (Wildman–Crippen MR) is 147 cm³/mol. The third-order valence-electron chi connectivity index (χ3n) is 6.47. The van der Waals surface area contributed by atoms with E-state index in [1.54, 1.807) is 0 Å². The molecule has 6 rings (SSSR count). The van der Waals surface area contributed by atoms with Gasteiger partial charge in [-0.25, -0.2) is 0 Å². The second kappa shape index (κ2) is 9.40. The van der Waals surface area contributed by atoms with Crippen molar-refractivity contribution in [3.05, 3.63) is 144 Å². The van der Waals surface area contributed by atoms with Crippen molar-refractivity contribution in [1.82, 2.24) is 0 Å². The molecule has 1 aliphatic heterocycles. The van der Waals surface area contributed by atoms with Crippen LogP contribution in [0, 0.1) is 0 Å². The normalized spacial score (nSPS) is 15.6. The van der Waals surface area contributed by atoms with Gasteiger partial charge in [0.2, 0.25) is 0 Å². The van der Waals surface area contributed by atoms with Crippen molar-refractivity contribution in [2.75, 3.05) is 5.01 Å². The standard InChI is InChI=1S/C32H25N3/c1-3-12-25(13-4-1)32-22-31(34-35(32)29-18-5-2-6-19-29)26-15-10-17-28(21-26)33-23-27-16-9-14-24-11-7-8-20-30(24)27/h1-21,23,32H,22H2. The van der Waals surface area contributed by atoms with Gasteiger partial charge in [-0.1, -0.05) is 103 Å². The maximum atomic E-state index is 5.08. The largest absolute Gasteiger partial charge is 0.257 e. The number of aliphatic imine (C=N–C) groups is 1. The molecule has 0 saturated heterocycles. The minimum atomic E-state index is 0.163. The molecule has 1 atom stereocenters. The number of para-hydroxylation sites is 1. The molecule has 1 heterocycles. The van der Waals surface area contributed by atoms with Crippen molar-refractivity contribution in [2.45, 2.75) is 12.5 Å². The molecule has 0 radical (unpaired) electrons. The minimum Gasteiger partial charge on any atom is -0.257 e. The lowest BCUT2D eigenvalue weighted by molar-refractivity contribution is 0.709. The van der Waals surface area contributed by atoms with E-state index in [0.29, 0.717) is 0 Å². The summed E-state index contributed by atoms with van der Waals surface area (Å²) in [6, 6.07) is 44.3. The zero-order valence-electron chi connectivity index (χ0n) is 19.3. The number of fused-ring (bicyclic) bond motifs is 1. The van der Waals surface area contributed by atoms with E-state index in [2.05, 4.69) is 120 Å². The van der Waals surface area contributed by atoms with Gasteiger partial charge >= 0.3 is 0 Å². The van der Waals surface area contributed by atoms with E-state index < -0.39 is 0 Å². The van der Waals surface area contributed by atoms with Gasteiger partial charge < -0.3 is 0 Å². The topological polar surface area (TPSA) is 28.0 Å². The molecule has 168 valence electrons. The van der Waals surface area contributed by atoms with Crippen LogP contribution in [0.25, 0.3) is 10.8 Å². The third-order valence-corrected chi connectivity index (χ3v) is 6.47. The molecule has 1 aliphatic rings. The van der Waals surface area contributed by atoms with Gasteiger partial charge in [-0.15, -0.1) is 0 Å². The highest BCUT2D eigenvalue weighted by atomic mass is 15.5. The van der Waals surface area contributed by atoms with E-state index in [1.165, 1.54) is 16.3 Å². The van der Waals surface area contributed by atoms with Crippen molar-refractivity contribution in [2.24, 2.45) is 10.1 Å². The fraction of sp³-hybridized carbons (Fsp3) is 0.0625. The van der Waals surface area contributed by atoms with Gasteiger partial charge in [-0.05, 0) is 46.2 Å². The van der Waals surface area contributed by atoms with Crippen molar-refractivity contribution < 1.29 is 0 Å². The lowest BCUT2D eigenvalue weighted by Gasteiger charge is -2.23. The molecule has 0 saturated carbocycles. The van der Waals surface area contributed by atoms with Crippen LogP contribution in [0.3, 0.4) is 0 Å². The van der Waals surface area contributed by atoms with E-state index >= 15 is 0 Å². The first-order valence-electron chi connectivity index (χ1n) is 11.9. The van der Waals surface area contributed by atoms with Gasteiger partial charge in [-0.3, -0.25) is 10.0 Å². The maximum Gasteiger partial charge on any atom is 0.0831 e. The molecule has 0 spiro atoms. The first kappa shape index (κ1) is 21.1. The summed E-state index contributed by atoms with van der Waals surface area (Å²) in [6.07, 6.45) is 2.80. The molecule has 0 amide bonds. The first-order valence-corrected chi connectivity index (χ1v) is 11.9. The number of anilines is 1. The smallest absolute Gasteiger partial charge is 0.0831 e. The number of benzene rings is 5. The van der Waals surface area contributed by atoms with Gasteiger partial charge in [-0.2, -0.15) is 5.10 Å². The third kappa shape index (κ3) is 4.36.